The van der Waals surface area contributed by atoms with E-state index in [1.54, 1.807) is 23.9 Å². The molecule has 0 atom stereocenters. The topological polar surface area (TPSA) is 56.8 Å². The molecule has 0 saturated heterocycles. The highest BCUT2D eigenvalue weighted by Gasteiger charge is 2.18. The van der Waals surface area contributed by atoms with Crippen LogP contribution in [-0.2, 0) is 0 Å². The molecule has 0 aromatic heterocycles. The largest absolute Gasteiger partial charge is 0.496 e. The van der Waals surface area contributed by atoms with Crippen LogP contribution in [0.1, 0.15) is 10.4 Å². The number of hydrogen-bond acceptors (Lipinski definition) is 5. The van der Waals surface area contributed by atoms with Crippen LogP contribution < -0.4 is 19.5 Å². The van der Waals surface area contributed by atoms with Gasteiger partial charge in [0.25, 0.3) is 5.91 Å². The molecular formula is C17H19NO4S. The van der Waals surface area contributed by atoms with E-state index in [-0.39, 0.29) is 5.91 Å². The normalized spacial score (nSPS) is 10.1. The Labute approximate surface area is 139 Å². The number of carbonyl (C=O) groups is 1. The number of anilines is 1. The van der Waals surface area contributed by atoms with Crippen LogP contribution in [0.5, 0.6) is 17.2 Å². The lowest BCUT2D eigenvalue weighted by Crippen LogP contribution is -2.13. The molecule has 0 spiro atoms. The molecule has 0 aliphatic rings. The number of nitrogens with one attached hydrogen (secondary N) is 1. The first-order chi connectivity index (χ1) is 11.1. The van der Waals surface area contributed by atoms with E-state index in [4.69, 9.17) is 14.2 Å². The summed E-state index contributed by atoms with van der Waals surface area (Å²) < 4.78 is 15.8. The zero-order chi connectivity index (χ0) is 16.8. The Bertz CT molecular complexity index is 703. The van der Waals surface area contributed by atoms with Crippen LogP contribution in [0.2, 0.25) is 0 Å². The highest BCUT2D eigenvalue weighted by atomic mass is 32.2. The van der Waals surface area contributed by atoms with Crippen molar-refractivity contribution in [2.24, 2.45) is 0 Å². The minimum Gasteiger partial charge on any atom is -0.496 e. The second-order valence-electron chi connectivity index (χ2n) is 4.59. The molecule has 0 fully saturated rings. The summed E-state index contributed by atoms with van der Waals surface area (Å²) >= 11 is 1.61. The van der Waals surface area contributed by atoms with Crippen molar-refractivity contribution in [3.63, 3.8) is 0 Å². The molecule has 0 aliphatic heterocycles. The van der Waals surface area contributed by atoms with Crippen LogP contribution >= 0.6 is 11.8 Å². The molecule has 2 rings (SSSR count). The van der Waals surface area contributed by atoms with Gasteiger partial charge in [0.15, 0.2) is 11.5 Å². The highest BCUT2D eigenvalue weighted by molar-refractivity contribution is 7.98. The van der Waals surface area contributed by atoms with E-state index in [0.717, 1.165) is 10.6 Å². The van der Waals surface area contributed by atoms with Gasteiger partial charge in [-0.3, -0.25) is 4.79 Å². The van der Waals surface area contributed by atoms with Crippen LogP contribution in [0, 0.1) is 0 Å². The Morgan fingerprint density at radius 1 is 0.957 bits per heavy atom. The quantitative estimate of drug-likeness (QED) is 0.817. The summed E-state index contributed by atoms with van der Waals surface area (Å²) in [6.45, 7) is 0. The summed E-state index contributed by atoms with van der Waals surface area (Å²) in [5, 5.41) is 2.87. The first kappa shape index (κ1) is 17.0. The Balaban J connectivity index is 2.34. The second kappa shape index (κ2) is 7.78. The smallest absolute Gasteiger partial charge is 0.259 e. The molecule has 0 bridgehead atoms. The number of rotatable bonds is 6. The molecule has 6 heteroatoms. The minimum absolute atomic E-state index is 0.277. The molecule has 122 valence electrons. The lowest BCUT2D eigenvalue weighted by Gasteiger charge is -2.14. The average molecular weight is 333 g/mol. The standard InChI is InChI=1S/C17H19NO4S/c1-20-14-10-16(22-3)15(21-2)9-13(14)17(19)18-11-6-5-7-12(8-11)23-4/h5-10H,1-4H3,(H,18,19). The van der Waals surface area contributed by atoms with Crippen molar-refractivity contribution < 1.29 is 19.0 Å². The van der Waals surface area contributed by atoms with E-state index in [2.05, 4.69) is 5.32 Å². The van der Waals surface area contributed by atoms with Crippen LogP contribution in [0.3, 0.4) is 0 Å². The maximum atomic E-state index is 12.6. The van der Waals surface area contributed by atoms with E-state index in [1.165, 1.54) is 21.3 Å². The summed E-state index contributed by atoms with van der Waals surface area (Å²) in [5.41, 5.74) is 1.10. The first-order valence-electron chi connectivity index (χ1n) is 6.88. The third-order valence-corrected chi connectivity index (χ3v) is 4.00. The van der Waals surface area contributed by atoms with Crippen molar-refractivity contribution in [3.8, 4) is 17.2 Å². The molecule has 23 heavy (non-hydrogen) atoms. The molecule has 0 aliphatic carbocycles. The highest BCUT2D eigenvalue weighted by Crippen LogP contribution is 2.35. The lowest BCUT2D eigenvalue weighted by atomic mass is 10.1. The summed E-state index contributed by atoms with van der Waals surface area (Å²) in [6.07, 6.45) is 1.98. The Hall–Kier alpha value is -2.34. The fourth-order valence-electron chi connectivity index (χ4n) is 2.11. The van der Waals surface area contributed by atoms with Gasteiger partial charge in [0.05, 0.1) is 26.9 Å². The predicted octanol–water partition coefficient (Wildman–Crippen LogP) is 3.69. The zero-order valence-corrected chi connectivity index (χ0v) is 14.3. The van der Waals surface area contributed by atoms with Crippen molar-refractivity contribution in [3.05, 3.63) is 42.0 Å². The Morgan fingerprint density at radius 2 is 1.61 bits per heavy atom. The third-order valence-electron chi connectivity index (χ3n) is 3.28. The van der Waals surface area contributed by atoms with E-state index >= 15 is 0 Å². The van der Waals surface area contributed by atoms with Gasteiger partial charge in [-0.25, -0.2) is 0 Å². The van der Waals surface area contributed by atoms with Crippen LogP contribution in [-0.4, -0.2) is 33.5 Å². The van der Waals surface area contributed by atoms with Gasteiger partial charge in [-0.2, -0.15) is 0 Å². The molecule has 2 aromatic carbocycles. The lowest BCUT2D eigenvalue weighted by molar-refractivity contribution is 0.102. The molecule has 0 saturated carbocycles. The number of ether oxygens (including phenoxy) is 3. The molecule has 2 aromatic rings. The predicted molar refractivity (Wildman–Crippen MR) is 92.3 cm³/mol. The molecular weight excluding hydrogens is 314 g/mol. The number of thioether (sulfide) groups is 1. The Kier molecular flexibility index (Phi) is 5.76. The molecule has 0 unspecified atom stereocenters. The zero-order valence-electron chi connectivity index (χ0n) is 13.5. The maximum Gasteiger partial charge on any atom is 0.259 e. The van der Waals surface area contributed by atoms with Gasteiger partial charge in [0.1, 0.15) is 5.75 Å². The van der Waals surface area contributed by atoms with Crippen molar-refractivity contribution in [2.75, 3.05) is 32.9 Å². The van der Waals surface area contributed by atoms with E-state index in [0.29, 0.717) is 22.8 Å². The van der Waals surface area contributed by atoms with Crippen molar-refractivity contribution in [1.82, 2.24) is 0 Å². The third kappa shape index (κ3) is 3.90. The summed E-state index contributed by atoms with van der Waals surface area (Å²) in [4.78, 5) is 13.6. The average Bonchev–Trinajstić information content (AvgIpc) is 2.60. The number of amides is 1. The van der Waals surface area contributed by atoms with Crippen LogP contribution in [0.15, 0.2) is 41.3 Å². The maximum absolute atomic E-state index is 12.6. The van der Waals surface area contributed by atoms with E-state index < -0.39 is 0 Å². The molecule has 5 nitrogen and oxygen atoms in total. The second-order valence-corrected chi connectivity index (χ2v) is 5.47. The molecule has 1 amide bonds. The van der Waals surface area contributed by atoms with Gasteiger partial charge in [-0.15, -0.1) is 11.8 Å². The number of methoxy groups -OCH3 is 3. The number of carbonyl (C=O) groups excluding carboxylic acids is 1. The van der Waals surface area contributed by atoms with Gasteiger partial charge >= 0.3 is 0 Å². The van der Waals surface area contributed by atoms with E-state index in [9.17, 15) is 4.79 Å². The fraction of sp³-hybridized carbons (Fsp3) is 0.235. The van der Waals surface area contributed by atoms with Crippen molar-refractivity contribution in [1.29, 1.82) is 0 Å². The van der Waals surface area contributed by atoms with Crippen LogP contribution in [0.25, 0.3) is 0 Å². The van der Waals surface area contributed by atoms with Crippen LogP contribution in [0.4, 0.5) is 5.69 Å². The van der Waals surface area contributed by atoms with Gasteiger partial charge < -0.3 is 19.5 Å². The number of hydrogen-bond donors (Lipinski definition) is 1. The first-order valence-corrected chi connectivity index (χ1v) is 8.10. The summed E-state index contributed by atoms with van der Waals surface area (Å²) in [6, 6.07) is 10.9. The van der Waals surface area contributed by atoms with Gasteiger partial charge in [0.2, 0.25) is 0 Å². The molecule has 0 heterocycles. The van der Waals surface area contributed by atoms with Gasteiger partial charge in [-0.1, -0.05) is 6.07 Å². The van der Waals surface area contributed by atoms with Gasteiger partial charge in [-0.05, 0) is 24.5 Å². The van der Waals surface area contributed by atoms with E-state index in [1.807, 2.05) is 30.5 Å². The minimum atomic E-state index is -0.277. The Morgan fingerprint density at radius 3 is 2.22 bits per heavy atom. The molecule has 0 radical (unpaired) electrons. The summed E-state index contributed by atoms with van der Waals surface area (Å²) in [7, 11) is 4.56. The number of benzene rings is 2. The molecule has 1 N–H and O–H groups in total. The SMILES string of the molecule is COc1cc(OC)c(C(=O)Nc2cccc(SC)c2)cc1OC. The summed E-state index contributed by atoms with van der Waals surface area (Å²) in [5.74, 6) is 1.11. The fourth-order valence-corrected chi connectivity index (χ4v) is 2.57. The van der Waals surface area contributed by atoms with Gasteiger partial charge in [0, 0.05) is 22.7 Å². The van der Waals surface area contributed by atoms with Crippen molar-refractivity contribution in [2.45, 2.75) is 4.90 Å². The van der Waals surface area contributed by atoms with Crippen molar-refractivity contribution >= 4 is 23.4 Å². The monoisotopic (exact) mass is 333 g/mol.